The average Bonchev–Trinajstić information content (AvgIpc) is 3.17. The van der Waals surface area contributed by atoms with Crippen molar-refractivity contribution in [3.63, 3.8) is 0 Å². The van der Waals surface area contributed by atoms with E-state index in [1.807, 2.05) is 16.7 Å². The monoisotopic (exact) mass is 295 g/mol. The van der Waals surface area contributed by atoms with E-state index in [1.165, 1.54) is 0 Å². The minimum atomic E-state index is 0.0460. The number of nitrogen functional groups attached to an aromatic ring is 1. The number of thioether (sulfide) groups is 1. The molecular formula is C14H21N3O2S. The number of aromatic nitrogens is 1. The van der Waals surface area contributed by atoms with Gasteiger partial charge >= 0.3 is 0 Å². The maximum Gasteiger partial charge on any atom is 0.270 e. The summed E-state index contributed by atoms with van der Waals surface area (Å²) in [6.07, 6.45) is 5.08. The predicted molar refractivity (Wildman–Crippen MR) is 80.9 cm³/mol. The van der Waals surface area contributed by atoms with E-state index in [2.05, 4.69) is 4.98 Å². The van der Waals surface area contributed by atoms with Gasteiger partial charge in [0.15, 0.2) is 0 Å². The van der Waals surface area contributed by atoms with E-state index >= 15 is 0 Å². The lowest BCUT2D eigenvalue weighted by molar-refractivity contribution is 0.0438. The Labute approximate surface area is 123 Å². The molecular weight excluding hydrogens is 274 g/mol. The van der Waals surface area contributed by atoms with E-state index in [-0.39, 0.29) is 12.0 Å². The quantitative estimate of drug-likeness (QED) is 0.887. The molecule has 2 aliphatic rings. The number of hydrogen-bond acceptors (Lipinski definition) is 4. The van der Waals surface area contributed by atoms with Crippen molar-refractivity contribution in [3.05, 3.63) is 18.0 Å². The second-order valence-corrected chi connectivity index (χ2v) is 6.61. The Morgan fingerprint density at radius 3 is 3.05 bits per heavy atom. The Morgan fingerprint density at radius 2 is 2.45 bits per heavy atom. The van der Waals surface area contributed by atoms with Crippen molar-refractivity contribution in [3.8, 4) is 0 Å². The third kappa shape index (κ3) is 2.96. The van der Waals surface area contributed by atoms with Gasteiger partial charge in [-0.15, -0.1) is 0 Å². The molecule has 2 unspecified atom stereocenters. The van der Waals surface area contributed by atoms with Crippen molar-refractivity contribution in [2.24, 2.45) is 0 Å². The minimum Gasteiger partial charge on any atom is -0.397 e. The van der Waals surface area contributed by atoms with Gasteiger partial charge in [-0.1, -0.05) is 0 Å². The van der Waals surface area contributed by atoms with Crippen molar-refractivity contribution in [2.45, 2.75) is 31.4 Å². The van der Waals surface area contributed by atoms with Crippen LogP contribution in [0.5, 0.6) is 0 Å². The highest BCUT2D eigenvalue weighted by Crippen LogP contribution is 2.26. The SMILES string of the molecule is Nc1c[nH]c(C(=O)N(CC2CCCO2)C2CCSC2)c1. The minimum absolute atomic E-state index is 0.0460. The van der Waals surface area contributed by atoms with Gasteiger partial charge in [0, 0.05) is 36.8 Å². The fraction of sp³-hybridized carbons (Fsp3) is 0.643. The molecule has 1 aromatic heterocycles. The summed E-state index contributed by atoms with van der Waals surface area (Å²) in [4.78, 5) is 17.7. The maximum absolute atomic E-state index is 12.7. The van der Waals surface area contributed by atoms with Gasteiger partial charge in [0.2, 0.25) is 0 Å². The third-order valence-electron chi connectivity index (χ3n) is 3.97. The standard InChI is InChI=1S/C14H21N3O2S/c15-10-6-13(16-7-10)14(18)17(11-3-5-20-9-11)8-12-2-1-4-19-12/h6-7,11-12,16H,1-5,8-9,15H2. The van der Waals surface area contributed by atoms with Gasteiger partial charge in [0.1, 0.15) is 5.69 Å². The van der Waals surface area contributed by atoms with E-state index < -0.39 is 0 Å². The summed E-state index contributed by atoms with van der Waals surface area (Å²) in [6, 6.07) is 2.04. The van der Waals surface area contributed by atoms with E-state index in [4.69, 9.17) is 10.5 Å². The Morgan fingerprint density at radius 1 is 1.55 bits per heavy atom. The molecule has 0 aromatic carbocycles. The van der Waals surface area contributed by atoms with Crippen LogP contribution in [0.25, 0.3) is 0 Å². The zero-order valence-corrected chi connectivity index (χ0v) is 12.3. The molecule has 3 rings (SSSR count). The molecule has 2 saturated heterocycles. The smallest absolute Gasteiger partial charge is 0.270 e. The summed E-state index contributed by atoms with van der Waals surface area (Å²) in [6.45, 7) is 1.52. The second-order valence-electron chi connectivity index (χ2n) is 5.46. The summed E-state index contributed by atoms with van der Waals surface area (Å²) in [5.41, 5.74) is 6.89. The van der Waals surface area contributed by atoms with Gasteiger partial charge in [-0.25, -0.2) is 0 Å². The molecule has 5 nitrogen and oxygen atoms in total. The lowest BCUT2D eigenvalue weighted by atomic mass is 10.1. The highest BCUT2D eigenvalue weighted by atomic mass is 32.2. The number of ether oxygens (including phenoxy) is 1. The first-order valence-electron chi connectivity index (χ1n) is 7.18. The maximum atomic E-state index is 12.7. The Hall–Kier alpha value is -1.14. The molecule has 2 atom stereocenters. The molecule has 6 heteroatoms. The normalized spacial score (nSPS) is 26.0. The van der Waals surface area contributed by atoms with Gasteiger partial charge in [-0.2, -0.15) is 11.8 Å². The highest BCUT2D eigenvalue weighted by molar-refractivity contribution is 7.99. The number of H-pyrrole nitrogens is 1. The number of rotatable bonds is 4. The van der Waals surface area contributed by atoms with Crippen LogP contribution in [0.1, 0.15) is 29.8 Å². The van der Waals surface area contributed by atoms with Gasteiger partial charge < -0.3 is 20.4 Å². The van der Waals surface area contributed by atoms with E-state index in [0.717, 1.165) is 37.4 Å². The van der Waals surface area contributed by atoms with Gasteiger partial charge in [-0.05, 0) is 31.1 Å². The zero-order valence-electron chi connectivity index (χ0n) is 11.5. The number of carbonyl (C=O) groups is 1. The number of hydrogen-bond donors (Lipinski definition) is 2. The number of carbonyl (C=O) groups excluding carboxylic acids is 1. The van der Waals surface area contributed by atoms with Crippen LogP contribution in [-0.2, 0) is 4.74 Å². The van der Waals surface area contributed by atoms with Crippen molar-refractivity contribution in [1.82, 2.24) is 9.88 Å². The van der Waals surface area contributed by atoms with Gasteiger partial charge in [-0.3, -0.25) is 4.79 Å². The number of nitrogens with one attached hydrogen (secondary N) is 1. The molecule has 0 radical (unpaired) electrons. The van der Waals surface area contributed by atoms with E-state index in [0.29, 0.717) is 24.0 Å². The molecule has 2 aliphatic heterocycles. The topological polar surface area (TPSA) is 71.4 Å². The molecule has 1 amide bonds. The largest absolute Gasteiger partial charge is 0.397 e. The second kappa shape index (κ2) is 6.10. The predicted octanol–water partition coefficient (Wildman–Crippen LogP) is 1.72. The van der Waals surface area contributed by atoms with E-state index in [1.54, 1.807) is 12.3 Å². The summed E-state index contributed by atoms with van der Waals surface area (Å²) < 4.78 is 5.70. The molecule has 3 heterocycles. The lowest BCUT2D eigenvalue weighted by Gasteiger charge is -2.30. The number of nitrogens with two attached hydrogens (primary N) is 1. The van der Waals surface area contributed by atoms with Crippen molar-refractivity contribution >= 4 is 23.4 Å². The van der Waals surface area contributed by atoms with Crippen molar-refractivity contribution in [1.29, 1.82) is 0 Å². The third-order valence-corrected chi connectivity index (χ3v) is 5.11. The molecule has 0 aliphatic carbocycles. The summed E-state index contributed by atoms with van der Waals surface area (Å²) in [7, 11) is 0. The first-order valence-corrected chi connectivity index (χ1v) is 8.33. The van der Waals surface area contributed by atoms with Crippen LogP contribution in [0.15, 0.2) is 12.3 Å². The highest BCUT2D eigenvalue weighted by Gasteiger charge is 2.31. The zero-order chi connectivity index (χ0) is 13.9. The molecule has 2 fully saturated rings. The Bertz CT molecular complexity index is 465. The number of nitrogens with zero attached hydrogens (tertiary/aromatic N) is 1. The molecule has 110 valence electrons. The Kier molecular flexibility index (Phi) is 4.21. The number of anilines is 1. The fourth-order valence-corrected chi connectivity index (χ4v) is 4.09. The molecule has 3 N–H and O–H groups in total. The first kappa shape index (κ1) is 13.8. The van der Waals surface area contributed by atoms with Gasteiger partial charge in [0.05, 0.1) is 6.10 Å². The van der Waals surface area contributed by atoms with E-state index in [9.17, 15) is 4.79 Å². The Balaban J connectivity index is 1.74. The van der Waals surface area contributed by atoms with Crippen molar-refractivity contribution in [2.75, 3.05) is 30.4 Å². The van der Waals surface area contributed by atoms with Crippen LogP contribution in [0.2, 0.25) is 0 Å². The van der Waals surface area contributed by atoms with Crippen LogP contribution in [0.3, 0.4) is 0 Å². The lowest BCUT2D eigenvalue weighted by Crippen LogP contribution is -2.44. The van der Waals surface area contributed by atoms with Crippen molar-refractivity contribution < 1.29 is 9.53 Å². The summed E-state index contributed by atoms with van der Waals surface area (Å²) in [5, 5.41) is 0. The molecule has 0 spiro atoms. The molecule has 20 heavy (non-hydrogen) atoms. The van der Waals surface area contributed by atoms with Crippen LogP contribution in [0.4, 0.5) is 5.69 Å². The molecule has 1 aromatic rings. The number of amides is 1. The van der Waals surface area contributed by atoms with Gasteiger partial charge in [0.25, 0.3) is 5.91 Å². The molecule has 0 saturated carbocycles. The summed E-state index contributed by atoms with van der Waals surface area (Å²) >= 11 is 1.92. The van der Waals surface area contributed by atoms with Crippen LogP contribution in [0, 0.1) is 0 Å². The van der Waals surface area contributed by atoms with Crippen LogP contribution in [-0.4, -0.2) is 52.6 Å². The molecule has 0 bridgehead atoms. The first-order chi connectivity index (χ1) is 9.74. The summed E-state index contributed by atoms with van der Waals surface area (Å²) in [5.74, 6) is 2.20. The average molecular weight is 295 g/mol. The fourth-order valence-electron chi connectivity index (χ4n) is 2.86. The van der Waals surface area contributed by atoms with Crippen LogP contribution >= 0.6 is 11.8 Å². The van der Waals surface area contributed by atoms with Crippen LogP contribution < -0.4 is 5.73 Å². The number of aromatic amines is 1.